The zero-order chi connectivity index (χ0) is 14.0. The number of H-pyrrole nitrogens is 1. The highest BCUT2D eigenvalue weighted by Crippen LogP contribution is 2.32. The molecule has 1 aromatic heterocycles. The SMILES string of the molecule is CCOC(=O)[C@H](C)c1c(C)[nH]c2ccc(OC)cc12. The molecule has 0 unspecified atom stereocenters. The molecule has 0 saturated heterocycles. The van der Waals surface area contributed by atoms with Crippen LogP contribution in [0.3, 0.4) is 0 Å². The van der Waals surface area contributed by atoms with Crippen molar-refractivity contribution < 1.29 is 14.3 Å². The first-order valence-electron chi connectivity index (χ1n) is 6.41. The van der Waals surface area contributed by atoms with E-state index in [0.717, 1.165) is 27.9 Å². The molecule has 1 atom stereocenters. The molecule has 0 saturated carbocycles. The smallest absolute Gasteiger partial charge is 0.313 e. The number of benzene rings is 1. The number of fused-ring (bicyclic) bond motifs is 1. The van der Waals surface area contributed by atoms with Crippen molar-refractivity contribution in [2.45, 2.75) is 26.7 Å². The van der Waals surface area contributed by atoms with E-state index < -0.39 is 0 Å². The van der Waals surface area contributed by atoms with Gasteiger partial charge in [0.15, 0.2) is 0 Å². The monoisotopic (exact) mass is 261 g/mol. The Morgan fingerprint density at radius 1 is 1.42 bits per heavy atom. The minimum atomic E-state index is -0.291. The molecular formula is C15H19NO3. The average Bonchev–Trinajstić information content (AvgIpc) is 2.72. The minimum Gasteiger partial charge on any atom is -0.497 e. The number of ether oxygens (including phenoxy) is 2. The van der Waals surface area contributed by atoms with Gasteiger partial charge in [0.1, 0.15) is 5.75 Å². The van der Waals surface area contributed by atoms with Gasteiger partial charge in [-0.3, -0.25) is 4.79 Å². The molecule has 19 heavy (non-hydrogen) atoms. The van der Waals surface area contributed by atoms with Crippen molar-refractivity contribution in [3.05, 3.63) is 29.5 Å². The number of nitrogens with one attached hydrogen (secondary N) is 1. The summed E-state index contributed by atoms with van der Waals surface area (Å²) in [6.07, 6.45) is 0. The molecule has 0 bridgehead atoms. The van der Waals surface area contributed by atoms with Crippen LogP contribution in [0.15, 0.2) is 18.2 Å². The van der Waals surface area contributed by atoms with Gasteiger partial charge in [0.2, 0.25) is 0 Å². The van der Waals surface area contributed by atoms with Crippen LogP contribution in [-0.2, 0) is 9.53 Å². The summed E-state index contributed by atoms with van der Waals surface area (Å²) >= 11 is 0. The van der Waals surface area contributed by atoms with E-state index in [4.69, 9.17) is 9.47 Å². The van der Waals surface area contributed by atoms with Crippen molar-refractivity contribution in [3.8, 4) is 5.75 Å². The number of hydrogen-bond acceptors (Lipinski definition) is 3. The van der Waals surface area contributed by atoms with Gasteiger partial charge < -0.3 is 14.5 Å². The van der Waals surface area contributed by atoms with Crippen molar-refractivity contribution in [3.63, 3.8) is 0 Å². The van der Waals surface area contributed by atoms with Gasteiger partial charge in [0.05, 0.1) is 19.6 Å². The number of aryl methyl sites for hydroxylation is 1. The van der Waals surface area contributed by atoms with Crippen molar-refractivity contribution in [1.82, 2.24) is 4.98 Å². The molecule has 2 aromatic rings. The van der Waals surface area contributed by atoms with E-state index in [2.05, 4.69) is 4.98 Å². The number of rotatable bonds is 4. The molecule has 1 N–H and O–H groups in total. The Hall–Kier alpha value is -1.97. The Balaban J connectivity index is 2.52. The van der Waals surface area contributed by atoms with Crippen LogP contribution in [0.4, 0.5) is 0 Å². The number of esters is 1. The predicted molar refractivity (Wildman–Crippen MR) is 74.6 cm³/mol. The molecule has 0 aliphatic carbocycles. The first kappa shape index (κ1) is 13.5. The third-order valence-corrected chi connectivity index (χ3v) is 3.32. The van der Waals surface area contributed by atoms with E-state index >= 15 is 0 Å². The lowest BCUT2D eigenvalue weighted by atomic mass is 9.98. The molecule has 0 aliphatic heterocycles. The number of hydrogen-bond donors (Lipinski definition) is 1. The maximum atomic E-state index is 11.9. The van der Waals surface area contributed by atoms with Gasteiger partial charge in [-0.25, -0.2) is 0 Å². The highest BCUT2D eigenvalue weighted by Gasteiger charge is 2.22. The van der Waals surface area contributed by atoms with Crippen LogP contribution in [0, 0.1) is 6.92 Å². The second-order valence-electron chi connectivity index (χ2n) is 4.55. The van der Waals surface area contributed by atoms with E-state index in [1.807, 2.05) is 39.0 Å². The number of carbonyl (C=O) groups excluding carboxylic acids is 1. The maximum Gasteiger partial charge on any atom is 0.313 e. The van der Waals surface area contributed by atoms with Gasteiger partial charge in [-0.1, -0.05) is 0 Å². The van der Waals surface area contributed by atoms with Gasteiger partial charge in [-0.2, -0.15) is 0 Å². The van der Waals surface area contributed by atoms with Crippen molar-refractivity contribution in [2.75, 3.05) is 13.7 Å². The lowest BCUT2D eigenvalue weighted by molar-refractivity contribution is -0.144. The Morgan fingerprint density at radius 2 is 2.16 bits per heavy atom. The van der Waals surface area contributed by atoms with Crippen LogP contribution in [0.25, 0.3) is 10.9 Å². The lowest BCUT2D eigenvalue weighted by Gasteiger charge is -2.11. The molecule has 1 heterocycles. The standard InChI is InChI=1S/C15H19NO3/c1-5-19-15(17)9(2)14-10(3)16-13-7-6-11(18-4)8-12(13)14/h6-9,16H,5H2,1-4H3/t9-/m1/s1. The molecule has 4 heteroatoms. The van der Waals surface area contributed by atoms with Crippen LogP contribution in [-0.4, -0.2) is 24.7 Å². The van der Waals surface area contributed by atoms with E-state index in [0.29, 0.717) is 6.61 Å². The largest absolute Gasteiger partial charge is 0.497 e. The zero-order valence-electron chi connectivity index (χ0n) is 11.7. The fourth-order valence-corrected chi connectivity index (χ4v) is 2.40. The van der Waals surface area contributed by atoms with Crippen LogP contribution in [0.5, 0.6) is 5.75 Å². The summed E-state index contributed by atoms with van der Waals surface area (Å²) in [5, 5.41) is 1.01. The average molecular weight is 261 g/mol. The summed E-state index contributed by atoms with van der Waals surface area (Å²) in [5.41, 5.74) is 2.97. The topological polar surface area (TPSA) is 51.3 Å². The molecule has 1 aromatic carbocycles. The number of aromatic nitrogens is 1. The Kier molecular flexibility index (Phi) is 3.79. The molecule has 102 valence electrons. The summed E-state index contributed by atoms with van der Waals surface area (Å²) in [6, 6.07) is 5.81. The van der Waals surface area contributed by atoms with Gasteiger partial charge >= 0.3 is 5.97 Å². The summed E-state index contributed by atoms with van der Waals surface area (Å²) < 4.78 is 10.3. The summed E-state index contributed by atoms with van der Waals surface area (Å²) in [6.45, 7) is 6.05. The second kappa shape index (κ2) is 5.34. The van der Waals surface area contributed by atoms with Gasteiger partial charge in [0.25, 0.3) is 0 Å². The van der Waals surface area contributed by atoms with E-state index in [1.54, 1.807) is 7.11 Å². The second-order valence-corrected chi connectivity index (χ2v) is 4.55. The number of aromatic amines is 1. The summed E-state index contributed by atoms with van der Waals surface area (Å²) in [5.74, 6) is 0.291. The normalized spacial score (nSPS) is 12.4. The highest BCUT2D eigenvalue weighted by molar-refractivity contribution is 5.91. The van der Waals surface area contributed by atoms with Crippen LogP contribution < -0.4 is 4.74 Å². The summed E-state index contributed by atoms with van der Waals surface area (Å²) in [4.78, 5) is 15.2. The molecular weight excluding hydrogens is 242 g/mol. The molecule has 2 rings (SSSR count). The first-order valence-corrected chi connectivity index (χ1v) is 6.41. The number of methoxy groups -OCH3 is 1. The Morgan fingerprint density at radius 3 is 2.79 bits per heavy atom. The third-order valence-electron chi connectivity index (χ3n) is 3.32. The quantitative estimate of drug-likeness (QED) is 0.860. The van der Waals surface area contributed by atoms with Crippen molar-refractivity contribution >= 4 is 16.9 Å². The van der Waals surface area contributed by atoms with Crippen LogP contribution in [0.2, 0.25) is 0 Å². The molecule has 0 radical (unpaired) electrons. The Labute approximate surface area is 112 Å². The first-order chi connectivity index (χ1) is 9.08. The Bertz CT molecular complexity index is 601. The molecule has 0 aliphatic rings. The number of carbonyl (C=O) groups is 1. The fraction of sp³-hybridized carbons (Fsp3) is 0.400. The van der Waals surface area contributed by atoms with Crippen molar-refractivity contribution in [2.24, 2.45) is 0 Å². The van der Waals surface area contributed by atoms with Gasteiger partial charge in [-0.05, 0) is 44.5 Å². The molecule has 0 fully saturated rings. The van der Waals surface area contributed by atoms with Gasteiger partial charge in [0, 0.05) is 16.6 Å². The zero-order valence-corrected chi connectivity index (χ0v) is 11.7. The highest BCUT2D eigenvalue weighted by atomic mass is 16.5. The van der Waals surface area contributed by atoms with Gasteiger partial charge in [-0.15, -0.1) is 0 Å². The maximum absolute atomic E-state index is 11.9. The lowest BCUT2D eigenvalue weighted by Crippen LogP contribution is -2.13. The fourth-order valence-electron chi connectivity index (χ4n) is 2.40. The van der Waals surface area contributed by atoms with Crippen molar-refractivity contribution in [1.29, 1.82) is 0 Å². The molecule has 0 spiro atoms. The van der Waals surface area contributed by atoms with Crippen LogP contribution in [0.1, 0.15) is 31.0 Å². The van der Waals surface area contributed by atoms with E-state index in [-0.39, 0.29) is 11.9 Å². The predicted octanol–water partition coefficient (Wildman–Crippen LogP) is 3.15. The molecule has 4 nitrogen and oxygen atoms in total. The molecule has 0 amide bonds. The third kappa shape index (κ3) is 2.43. The van der Waals surface area contributed by atoms with Crippen LogP contribution >= 0.6 is 0 Å². The minimum absolute atomic E-state index is 0.200. The van der Waals surface area contributed by atoms with E-state index in [1.165, 1.54) is 0 Å². The van der Waals surface area contributed by atoms with E-state index in [9.17, 15) is 4.79 Å². The summed E-state index contributed by atoms with van der Waals surface area (Å²) in [7, 11) is 1.63.